The number of thioether (sulfide) groups is 1. The number of aliphatic imine (C=N–C) groups is 1. The van der Waals surface area contributed by atoms with Crippen LogP contribution in [-0.2, 0) is 16.2 Å². The summed E-state index contributed by atoms with van der Waals surface area (Å²) in [6.07, 6.45) is -9.47. The molecule has 1 aliphatic rings. The van der Waals surface area contributed by atoms with Crippen molar-refractivity contribution in [2.45, 2.75) is 25.6 Å². The van der Waals surface area contributed by atoms with E-state index in [1.165, 1.54) is 42.4 Å². The second-order valence-electron chi connectivity index (χ2n) is 9.52. The van der Waals surface area contributed by atoms with Gasteiger partial charge in [-0.05, 0) is 35.9 Å². The van der Waals surface area contributed by atoms with Gasteiger partial charge in [-0.3, -0.25) is 14.5 Å². The van der Waals surface area contributed by atoms with Crippen molar-refractivity contribution < 1.29 is 50.2 Å². The van der Waals surface area contributed by atoms with Gasteiger partial charge in [-0.15, -0.1) is 18.3 Å². The molecule has 1 aromatic heterocycles. The summed E-state index contributed by atoms with van der Waals surface area (Å²) in [7, 11) is 1.31. The Hall–Kier alpha value is -5.10. The van der Waals surface area contributed by atoms with Gasteiger partial charge in [0.1, 0.15) is 17.8 Å². The molecule has 3 aromatic carbocycles. The number of halogens is 6. The number of carbonyl (C=O) groups excluding carboxylic acids is 2. The molecule has 1 atom stereocenters. The first kappa shape index (κ1) is 33.3. The van der Waals surface area contributed by atoms with E-state index in [0.29, 0.717) is 22.6 Å². The first-order valence-electron chi connectivity index (χ1n) is 13.4. The van der Waals surface area contributed by atoms with E-state index in [2.05, 4.69) is 25.3 Å². The monoisotopic (exact) mass is 680 g/mol. The number of ether oxygens (including phenoxy) is 2. The van der Waals surface area contributed by atoms with Gasteiger partial charge in [0, 0.05) is 17.2 Å². The van der Waals surface area contributed by atoms with Gasteiger partial charge in [-0.25, -0.2) is 33.1 Å². The number of hydrogen-bond acceptors (Lipinski definition) is 8. The van der Waals surface area contributed by atoms with Crippen molar-refractivity contribution in [2.24, 2.45) is 4.99 Å². The molecule has 246 valence electrons. The number of nitrogens with zero attached hydrogens (tertiary/aromatic N) is 5. The molecule has 1 N–H and O–H groups in total. The minimum atomic E-state index is -4.80. The molecule has 1 saturated heterocycles. The van der Waals surface area contributed by atoms with Crippen molar-refractivity contribution in [2.75, 3.05) is 17.8 Å². The maximum absolute atomic E-state index is 14.4. The summed E-state index contributed by atoms with van der Waals surface area (Å²) < 4.78 is 88.3. The average molecular weight is 681 g/mol. The van der Waals surface area contributed by atoms with Crippen molar-refractivity contribution >= 4 is 34.6 Å². The predicted octanol–water partition coefficient (Wildman–Crippen LogP) is 6.39. The summed E-state index contributed by atoms with van der Waals surface area (Å²) in [5.41, 5.74) is 3.10. The Kier molecular flexibility index (Phi) is 10.00. The lowest BCUT2D eigenvalue weighted by Crippen LogP contribution is -2.32. The van der Waals surface area contributed by atoms with Crippen molar-refractivity contribution in [1.82, 2.24) is 20.2 Å². The number of hydroxylamine groups is 1. The van der Waals surface area contributed by atoms with E-state index in [0.717, 1.165) is 34.9 Å². The zero-order chi connectivity index (χ0) is 33.7. The number of benzene rings is 3. The van der Waals surface area contributed by atoms with Crippen LogP contribution in [-0.4, -0.2) is 57.5 Å². The molecule has 47 heavy (non-hydrogen) atoms. The first-order valence-corrected chi connectivity index (χ1v) is 14.3. The highest BCUT2D eigenvalue weighted by molar-refractivity contribution is 8.15. The van der Waals surface area contributed by atoms with E-state index < -0.39 is 36.5 Å². The topological polar surface area (TPSA) is 120 Å². The number of carbonyl (C=O) groups is 2. The number of amidine groups is 1. The third kappa shape index (κ3) is 8.20. The number of methoxy groups -OCH3 is 1. The molecular formula is C29H22F6N6O5S. The number of hydrogen-bond donors (Lipinski definition) is 1. The fraction of sp³-hybridized carbons (Fsp3) is 0.207. The van der Waals surface area contributed by atoms with Gasteiger partial charge in [0.2, 0.25) is 5.91 Å². The molecule has 0 bridgehead atoms. The molecule has 2 heterocycles. The maximum atomic E-state index is 14.4. The Morgan fingerprint density at radius 3 is 2.40 bits per heavy atom. The molecule has 1 unspecified atom stereocenters. The van der Waals surface area contributed by atoms with Crippen molar-refractivity contribution in [1.29, 1.82) is 0 Å². The number of anilines is 1. The van der Waals surface area contributed by atoms with Crippen LogP contribution in [0.3, 0.4) is 0 Å². The maximum Gasteiger partial charge on any atom is 0.573 e. The van der Waals surface area contributed by atoms with Gasteiger partial charge >= 0.3 is 12.4 Å². The van der Waals surface area contributed by atoms with Gasteiger partial charge in [0.25, 0.3) is 6.43 Å². The van der Waals surface area contributed by atoms with Gasteiger partial charge in [0.15, 0.2) is 17.2 Å². The number of alkyl halides is 6. The van der Waals surface area contributed by atoms with Crippen LogP contribution in [0, 0.1) is 0 Å². The van der Waals surface area contributed by atoms with Crippen LogP contribution in [0.5, 0.6) is 11.5 Å². The standard InChI is InChI=1S/C29H22F6N6O5S/c1-44-20-10-11-21(24(30)25(31)32)22(12-20)41-23(42)14-47-28(41)37-27(43)39-45-13-16-2-4-17(5-3-16)26-36-15-40(38-26)18-6-8-19(9-7-18)46-29(33,34)35/h2-12,15,24-25H,13-14H2,1H3,(H,39,43)/b37-28-. The number of nitrogens with one attached hydrogen (secondary N) is 1. The summed E-state index contributed by atoms with van der Waals surface area (Å²) >= 11 is 0.855. The summed E-state index contributed by atoms with van der Waals surface area (Å²) in [5, 5.41) is 4.16. The molecule has 0 radical (unpaired) electrons. The second-order valence-corrected chi connectivity index (χ2v) is 10.5. The quantitative estimate of drug-likeness (QED) is 0.151. The van der Waals surface area contributed by atoms with E-state index in [-0.39, 0.29) is 34.7 Å². The van der Waals surface area contributed by atoms with Gasteiger partial charge < -0.3 is 9.47 Å². The number of aromatic nitrogens is 3. The van der Waals surface area contributed by atoms with Crippen LogP contribution in [0.15, 0.2) is 78.0 Å². The van der Waals surface area contributed by atoms with Crippen LogP contribution in [0.2, 0.25) is 0 Å². The molecule has 11 nitrogen and oxygen atoms in total. The van der Waals surface area contributed by atoms with Crippen LogP contribution < -0.4 is 19.9 Å². The Balaban J connectivity index is 1.19. The van der Waals surface area contributed by atoms with Gasteiger partial charge in [0.05, 0.1) is 30.8 Å². The Morgan fingerprint density at radius 2 is 1.74 bits per heavy atom. The normalized spacial score (nSPS) is 14.9. The Morgan fingerprint density at radius 1 is 1.04 bits per heavy atom. The van der Waals surface area contributed by atoms with Crippen LogP contribution in [0.25, 0.3) is 17.1 Å². The smallest absolute Gasteiger partial charge is 0.497 e. The lowest BCUT2D eigenvalue weighted by molar-refractivity contribution is -0.274. The van der Waals surface area contributed by atoms with E-state index in [1.807, 2.05) is 0 Å². The van der Waals surface area contributed by atoms with Gasteiger partial charge in [-0.1, -0.05) is 42.1 Å². The molecule has 0 spiro atoms. The number of urea groups is 1. The lowest BCUT2D eigenvalue weighted by atomic mass is 10.1. The molecule has 1 fully saturated rings. The second kappa shape index (κ2) is 14.1. The van der Waals surface area contributed by atoms with Crippen molar-refractivity contribution in [3.8, 4) is 28.6 Å². The molecule has 3 amide bonds. The lowest BCUT2D eigenvalue weighted by Gasteiger charge is -2.22. The first-order chi connectivity index (χ1) is 22.4. The molecule has 4 aromatic rings. The fourth-order valence-electron chi connectivity index (χ4n) is 4.26. The predicted molar refractivity (Wildman–Crippen MR) is 157 cm³/mol. The summed E-state index contributed by atoms with van der Waals surface area (Å²) in [4.78, 5) is 39.2. The van der Waals surface area contributed by atoms with E-state index in [4.69, 9.17) is 9.57 Å². The van der Waals surface area contributed by atoms with Gasteiger partial charge in [-0.2, -0.15) is 4.99 Å². The third-order valence-electron chi connectivity index (χ3n) is 6.40. The number of rotatable bonds is 10. The highest BCUT2D eigenvalue weighted by Crippen LogP contribution is 2.38. The van der Waals surface area contributed by atoms with Crippen LogP contribution >= 0.6 is 11.8 Å². The van der Waals surface area contributed by atoms with E-state index in [1.54, 1.807) is 24.3 Å². The Bertz CT molecular complexity index is 1770. The molecule has 1 aliphatic heterocycles. The highest BCUT2D eigenvalue weighted by Gasteiger charge is 2.36. The summed E-state index contributed by atoms with van der Waals surface area (Å²) in [6.45, 7) is -0.0984. The summed E-state index contributed by atoms with van der Waals surface area (Å²) in [6, 6.07) is 14.3. The largest absolute Gasteiger partial charge is 0.573 e. The SMILES string of the molecule is COc1ccc(C(F)C(F)F)c(N2C(=O)CS/C2=N\C(=O)NOCc2ccc(-c3ncn(-c4ccc(OC(F)(F)F)cc4)n3)cc2)c1. The molecule has 0 saturated carbocycles. The van der Waals surface area contributed by atoms with Crippen molar-refractivity contribution in [3.63, 3.8) is 0 Å². The van der Waals surface area contributed by atoms with Crippen LogP contribution in [0.4, 0.5) is 36.8 Å². The van der Waals surface area contributed by atoms with E-state index in [9.17, 15) is 35.9 Å². The minimum absolute atomic E-state index is 0.0984. The zero-order valence-corrected chi connectivity index (χ0v) is 24.8. The average Bonchev–Trinajstić information content (AvgIpc) is 3.67. The fourth-order valence-corrected chi connectivity index (χ4v) is 5.11. The number of amides is 3. The molecule has 18 heteroatoms. The minimum Gasteiger partial charge on any atom is -0.497 e. The molecular weight excluding hydrogens is 658 g/mol. The highest BCUT2D eigenvalue weighted by atomic mass is 32.2. The molecule has 0 aliphatic carbocycles. The zero-order valence-electron chi connectivity index (χ0n) is 24.0. The van der Waals surface area contributed by atoms with Crippen molar-refractivity contribution in [3.05, 3.63) is 84.2 Å². The third-order valence-corrected chi connectivity index (χ3v) is 7.32. The molecule has 5 rings (SSSR count). The summed E-state index contributed by atoms with van der Waals surface area (Å²) in [5.74, 6) is -0.644. The Labute approximate surface area is 266 Å². The van der Waals surface area contributed by atoms with E-state index >= 15 is 0 Å². The van der Waals surface area contributed by atoms with Crippen LogP contribution in [0.1, 0.15) is 17.3 Å².